The molecular weight excluding hydrogens is 424 g/mol. The lowest BCUT2D eigenvalue weighted by Crippen LogP contribution is -2.45. The van der Waals surface area contributed by atoms with Crippen LogP contribution in [0.25, 0.3) is 22.0 Å². The molecule has 7 heteroatoms. The zero-order chi connectivity index (χ0) is 23.5. The fraction of sp³-hybridized carbons (Fsp3) is 0.222. The van der Waals surface area contributed by atoms with Gasteiger partial charge in [0.1, 0.15) is 5.82 Å². The average Bonchev–Trinajstić information content (AvgIpc) is 2.87. The first-order valence-corrected chi connectivity index (χ1v) is 11.5. The fourth-order valence-corrected chi connectivity index (χ4v) is 4.26. The van der Waals surface area contributed by atoms with Crippen LogP contribution in [0, 0.1) is 0 Å². The summed E-state index contributed by atoms with van der Waals surface area (Å²) < 4.78 is 0. The number of amides is 1. The van der Waals surface area contributed by atoms with E-state index < -0.39 is 0 Å². The molecule has 1 amide bonds. The summed E-state index contributed by atoms with van der Waals surface area (Å²) in [7, 11) is 2.12. The quantitative estimate of drug-likeness (QED) is 0.482. The zero-order valence-corrected chi connectivity index (χ0v) is 19.2. The number of nitrogens with two attached hydrogens (primary N) is 1. The molecule has 1 fully saturated rings. The normalized spacial score (nSPS) is 14.3. The number of aromatic nitrogens is 2. The SMILES string of the molecule is CN1CCN(c2nc(N)nc3cc(C(=O)NCc4ccc(-c5ccccc5)cc4)ccc23)CC1. The minimum absolute atomic E-state index is 0.146. The van der Waals surface area contributed by atoms with Gasteiger partial charge >= 0.3 is 0 Å². The number of hydrogen-bond donors (Lipinski definition) is 2. The van der Waals surface area contributed by atoms with Crippen molar-refractivity contribution in [1.29, 1.82) is 0 Å². The Kier molecular flexibility index (Phi) is 6.10. The van der Waals surface area contributed by atoms with Crippen molar-refractivity contribution in [3.05, 3.63) is 83.9 Å². The molecule has 172 valence electrons. The molecule has 0 spiro atoms. The predicted molar refractivity (Wildman–Crippen MR) is 137 cm³/mol. The second kappa shape index (κ2) is 9.49. The molecule has 0 bridgehead atoms. The van der Waals surface area contributed by atoms with Crippen LogP contribution in [0.2, 0.25) is 0 Å². The molecule has 1 aliphatic heterocycles. The van der Waals surface area contributed by atoms with Crippen molar-refractivity contribution in [2.75, 3.05) is 43.9 Å². The van der Waals surface area contributed by atoms with Crippen molar-refractivity contribution in [2.24, 2.45) is 0 Å². The van der Waals surface area contributed by atoms with E-state index in [1.54, 1.807) is 6.07 Å². The van der Waals surface area contributed by atoms with Crippen molar-refractivity contribution >= 4 is 28.6 Å². The van der Waals surface area contributed by atoms with Crippen molar-refractivity contribution in [3.8, 4) is 11.1 Å². The number of piperazine rings is 1. The molecule has 1 saturated heterocycles. The number of rotatable bonds is 5. The number of nitrogens with zero attached hydrogens (tertiary/aromatic N) is 4. The van der Waals surface area contributed by atoms with E-state index in [0.717, 1.165) is 48.5 Å². The van der Waals surface area contributed by atoms with Gasteiger partial charge in [-0.2, -0.15) is 4.98 Å². The molecule has 0 unspecified atom stereocenters. The van der Waals surface area contributed by atoms with Gasteiger partial charge in [-0.15, -0.1) is 0 Å². The lowest BCUT2D eigenvalue weighted by Gasteiger charge is -2.33. The number of nitrogens with one attached hydrogen (secondary N) is 1. The molecule has 0 atom stereocenters. The number of carbonyl (C=O) groups excluding carboxylic acids is 1. The Morgan fingerprint density at radius 3 is 2.35 bits per heavy atom. The Morgan fingerprint density at radius 2 is 1.62 bits per heavy atom. The van der Waals surface area contributed by atoms with E-state index in [-0.39, 0.29) is 11.9 Å². The Labute approximate surface area is 199 Å². The van der Waals surface area contributed by atoms with Crippen LogP contribution in [0.1, 0.15) is 15.9 Å². The minimum Gasteiger partial charge on any atom is -0.368 e. The molecule has 0 aliphatic carbocycles. The third-order valence-corrected chi connectivity index (χ3v) is 6.27. The van der Waals surface area contributed by atoms with Crippen LogP contribution >= 0.6 is 0 Å². The highest BCUT2D eigenvalue weighted by Gasteiger charge is 2.19. The number of anilines is 2. The van der Waals surface area contributed by atoms with Gasteiger partial charge in [0, 0.05) is 43.7 Å². The highest BCUT2D eigenvalue weighted by molar-refractivity contribution is 6.00. The van der Waals surface area contributed by atoms with Crippen LogP contribution in [-0.4, -0.2) is 54.0 Å². The van der Waals surface area contributed by atoms with Gasteiger partial charge in [0.2, 0.25) is 5.95 Å². The summed E-state index contributed by atoms with van der Waals surface area (Å²) in [5.41, 5.74) is 10.6. The number of hydrogen-bond acceptors (Lipinski definition) is 6. The molecule has 0 radical (unpaired) electrons. The standard InChI is InChI=1S/C27H28N6O/c1-32-13-15-33(16-14-32)25-23-12-11-22(17-24(23)30-27(28)31-25)26(34)29-18-19-7-9-21(10-8-19)20-5-3-2-4-6-20/h2-12,17H,13-16,18H2,1H3,(H,29,34)(H2,28,30,31). The minimum atomic E-state index is -0.146. The largest absolute Gasteiger partial charge is 0.368 e. The van der Waals surface area contributed by atoms with Crippen LogP contribution in [0.15, 0.2) is 72.8 Å². The first kappa shape index (κ1) is 21.9. The van der Waals surface area contributed by atoms with E-state index >= 15 is 0 Å². The number of likely N-dealkylation sites (N-methyl/N-ethyl adjacent to an activating group) is 1. The molecule has 1 aromatic heterocycles. The number of nitrogen functional groups attached to an aromatic ring is 1. The van der Waals surface area contributed by atoms with Gasteiger partial charge < -0.3 is 20.9 Å². The first-order chi connectivity index (χ1) is 16.6. The molecule has 7 nitrogen and oxygen atoms in total. The van der Waals surface area contributed by atoms with Crippen molar-refractivity contribution in [1.82, 2.24) is 20.2 Å². The van der Waals surface area contributed by atoms with Crippen LogP contribution in [0.4, 0.5) is 11.8 Å². The van der Waals surface area contributed by atoms with E-state index in [9.17, 15) is 4.79 Å². The Bertz CT molecular complexity index is 1300. The van der Waals surface area contributed by atoms with Crippen LogP contribution in [0.3, 0.4) is 0 Å². The van der Waals surface area contributed by atoms with Crippen LogP contribution in [0.5, 0.6) is 0 Å². The van der Waals surface area contributed by atoms with Gasteiger partial charge in [0.25, 0.3) is 5.91 Å². The Hall–Kier alpha value is -3.97. The maximum absolute atomic E-state index is 12.9. The molecule has 2 heterocycles. The molecule has 3 aromatic carbocycles. The first-order valence-electron chi connectivity index (χ1n) is 11.5. The third-order valence-electron chi connectivity index (χ3n) is 6.27. The van der Waals surface area contributed by atoms with Crippen LogP contribution < -0.4 is 16.0 Å². The summed E-state index contributed by atoms with van der Waals surface area (Å²) in [4.78, 5) is 26.3. The van der Waals surface area contributed by atoms with Gasteiger partial charge in [-0.1, -0.05) is 54.6 Å². The second-order valence-corrected chi connectivity index (χ2v) is 8.67. The molecular formula is C27H28N6O. The maximum Gasteiger partial charge on any atom is 0.251 e. The molecule has 34 heavy (non-hydrogen) atoms. The van der Waals surface area contributed by atoms with E-state index in [1.807, 2.05) is 42.5 Å². The fourth-order valence-electron chi connectivity index (χ4n) is 4.26. The monoisotopic (exact) mass is 452 g/mol. The Morgan fingerprint density at radius 1 is 0.912 bits per heavy atom. The van der Waals surface area contributed by atoms with Gasteiger partial charge in [-0.3, -0.25) is 4.79 Å². The lowest BCUT2D eigenvalue weighted by atomic mass is 10.0. The summed E-state index contributed by atoms with van der Waals surface area (Å²) in [6.07, 6.45) is 0. The summed E-state index contributed by atoms with van der Waals surface area (Å²) in [5, 5.41) is 3.92. The predicted octanol–water partition coefficient (Wildman–Crippen LogP) is 3.56. The van der Waals surface area contributed by atoms with Gasteiger partial charge in [-0.25, -0.2) is 4.98 Å². The van der Waals surface area contributed by atoms with E-state index in [0.29, 0.717) is 17.6 Å². The summed E-state index contributed by atoms with van der Waals surface area (Å²) in [6, 6.07) is 24.0. The molecule has 4 aromatic rings. The molecule has 5 rings (SSSR count). The average molecular weight is 453 g/mol. The molecule has 3 N–H and O–H groups in total. The summed E-state index contributed by atoms with van der Waals surface area (Å²) in [5.74, 6) is 0.908. The topological polar surface area (TPSA) is 87.4 Å². The number of carbonyl (C=O) groups is 1. The van der Waals surface area contributed by atoms with Gasteiger partial charge in [0.15, 0.2) is 0 Å². The number of fused-ring (bicyclic) bond motifs is 1. The van der Waals surface area contributed by atoms with Crippen molar-refractivity contribution in [3.63, 3.8) is 0 Å². The molecule has 0 saturated carbocycles. The van der Waals surface area contributed by atoms with E-state index in [4.69, 9.17) is 5.73 Å². The van der Waals surface area contributed by atoms with E-state index in [1.165, 1.54) is 5.56 Å². The number of benzene rings is 3. The highest BCUT2D eigenvalue weighted by atomic mass is 16.1. The second-order valence-electron chi connectivity index (χ2n) is 8.67. The van der Waals surface area contributed by atoms with Crippen molar-refractivity contribution in [2.45, 2.75) is 6.54 Å². The summed E-state index contributed by atoms with van der Waals surface area (Å²) in [6.45, 7) is 4.15. The zero-order valence-electron chi connectivity index (χ0n) is 19.2. The highest BCUT2D eigenvalue weighted by Crippen LogP contribution is 2.26. The van der Waals surface area contributed by atoms with Gasteiger partial charge in [0.05, 0.1) is 5.52 Å². The van der Waals surface area contributed by atoms with Crippen molar-refractivity contribution < 1.29 is 4.79 Å². The Balaban J connectivity index is 1.30. The van der Waals surface area contributed by atoms with Crippen LogP contribution in [-0.2, 0) is 6.54 Å². The lowest BCUT2D eigenvalue weighted by molar-refractivity contribution is 0.0951. The third kappa shape index (κ3) is 4.70. The van der Waals surface area contributed by atoms with Gasteiger partial charge in [-0.05, 0) is 41.9 Å². The maximum atomic E-state index is 12.9. The smallest absolute Gasteiger partial charge is 0.251 e. The summed E-state index contributed by atoms with van der Waals surface area (Å²) >= 11 is 0. The molecule has 1 aliphatic rings. The van der Waals surface area contributed by atoms with E-state index in [2.05, 4.69) is 56.4 Å².